The van der Waals surface area contributed by atoms with Gasteiger partial charge in [-0.15, -0.1) is 0 Å². The van der Waals surface area contributed by atoms with E-state index in [2.05, 4.69) is 41.5 Å². The summed E-state index contributed by atoms with van der Waals surface area (Å²) in [6, 6.07) is 16.3. The van der Waals surface area contributed by atoms with Crippen LogP contribution < -0.4 is 10.1 Å². The molecule has 0 bridgehead atoms. The molecule has 1 aromatic heterocycles. The number of hydrogen-bond donors (Lipinski definition) is 2. The monoisotopic (exact) mass is 322 g/mol. The van der Waals surface area contributed by atoms with Crippen molar-refractivity contribution in [3.8, 4) is 5.75 Å². The summed E-state index contributed by atoms with van der Waals surface area (Å²) >= 11 is 0. The Kier molecular flexibility index (Phi) is 5.16. The van der Waals surface area contributed by atoms with Crippen molar-refractivity contribution in [3.63, 3.8) is 0 Å². The number of aromatic amines is 1. The van der Waals surface area contributed by atoms with E-state index in [0.29, 0.717) is 13.2 Å². The van der Waals surface area contributed by atoms with Crippen molar-refractivity contribution in [1.82, 2.24) is 10.3 Å². The van der Waals surface area contributed by atoms with E-state index in [1.54, 1.807) is 0 Å². The van der Waals surface area contributed by atoms with E-state index in [1.807, 2.05) is 24.3 Å². The SMILES string of the molecule is Cc1[nH]c2ccc(OCc3ccccc3)cc2c1CCCNC=O. The second-order valence-electron chi connectivity index (χ2n) is 5.89. The van der Waals surface area contributed by atoms with Crippen LogP contribution in [0, 0.1) is 6.92 Å². The number of aryl methyl sites for hydroxylation is 2. The fraction of sp³-hybridized carbons (Fsp3) is 0.250. The maximum Gasteiger partial charge on any atom is 0.207 e. The highest BCUT2D eigenvalue weighted by molar-refractivity contribution is 5.86. The Morgan fingerprint density at radius 1 is 1.17 bits per heavy atom. The lowest BCUT2D eigenvalue weighted by atomic mass is 10.1. The molecular formula is C20H22N2O2. The second-order valence-corrected chi connectivity index (χ2v) is 5.89. The maximum absolute atomic E-state index is 10.3. The van der Waals surface area contributed by atoms with Crippen LogP contribution in [-0.2, 0) is 17.8 Å². The first-order valence-corrected chi connectivity index (χ1v) is 8.23. The van der Waals surface area contributed by atoms with Crippen LogP contribution in [0.15, 0.2) is 48.5 Å². The first kappa shape index (κ1) is 16.1. The average Bonchev–Trinajstić information content (AvgIpc) is 2.92. The zero-order valence-corrected chi connectivity index (χ0v) is 13.8. The third kappa shape index (κ3) is 3.77. The molecule has 0 aliphatic carbocycles. The molecule has 0 saturated carbocycles. The van der Waals surface area contributed by atoms with Crippen LogP contribution in [-0.4, -0.2) is 17.9 Å². The van der Waals surface area contributed by atoms with Gasteiger partial charge in [0, 0.05) is 23.1 Å². The van der Waals surface area contributed by atoms with E-state index < -0.39 is 0 Å². The van der Waals surface area contributed by atoms with Gasteiger partial charge in [0.25, 0.3) is 0 Å². The molecular weight excluding hydrogens is 300 g/mol. The summed E-state index contributed by atoms with van der Waals surface area (Å²) in [6.45, 7) is 3.35. The van der Waals surface area contributed by atoms with Crippen molar-refractivity contribution in [2.45, 2.75) is 26.4 Å². The van der Waals surface area contributed by atoms with Gasteiger partial charge in [0.15, 0.2) is 0 Å². The molecule has 3 aromatic rings. The summed E-state index contributed by atoms with van der Waals surface area (Å²) in [5, 5.41) is 3.91. The zero-order valence-electron chi connectivity index (χ0n) is 13.8. The largest absolute Gasteiger partial charge is 0.489 e. The van der Waals surface area contributed by atoms with Gasteiger partial charge in [0.05, 0.1) is 0 Å². The number of hydrogen-bond acceptors (Lipinski definition) is 2. The number of aromatic nitrogens is 1. The normalized spacial score (nSPS) is 10.7. The Morgan fingerprint density at radius 2 is 2.00 bits per heavy atom. The maximum atomic E-state index is 10.3. The number of carbonyl (C=O) groups is 1. The van der Waals surface area contributed by atoms with E-state index in [4.69, 9.17) is 4.74 Å². The number of rotatable bonds is 8. The van der Waals surface area contributed by atoms with Crippen LogP contribution in [0.3, 0.4) is 0 Å². The van der Waals surface area contributed by atoms with Crippen molar-refractivity contribution in [2.75, 3.05) is 6.54 Å². The summed E-state index contributed by atoms with van der Waals surface area (Å²) in [5.74, 6) is 0.873. The smallest absolute Gasteiger partial charge is 0.207 e. The molecule has 124 valence electrons. The molecule has 0 unspecified atom stereocenters. The lowest BCUT2D eigenvalue weighted by Crippen LogP contribution is -2.12. The summed E-state index contributed by atoms with van der Waals surface area (Å²) in [4.78, 5) is 13.8. The average molecular weight is 322 g/mol. The Hall–Kier alpha value is -2.75. The molecule has 0 radical (unpaired) electrons. The number of nitrogens with one attached hydrogen (secondary N) is 2. The Balaban J connectivity index is 1.74. The van der Waals surface area contributed by atoms with Crippen LogP contribution in [0.25, 0.3) is 10.9 Å². The van der Waals surface area contributed by atoms with Crippen LogP contribution in [0.4, 0.5) is 0 Å². The molecule has 24 heavy (non-hydrogen) atoms. The van der Waals surface area contributed by atoms with Crippen LogP contribution in [0.1, 0.15) is 23.2 Å². The highest BCUT2D eigenvalue weighted by Gasteiger charge is 2.09. The molecule has 0 saturated heterocycles. The van der Waals surface area contributed by atoms with Crippen molar-refractivity contribution in [1.29, 1.82) is 0 Å². The van der Waals surface area contributed by atoms with Crippen LogP contribution in [0.2, 0.25) is 0 Å². The van der Waals surface area contributed by atoms with Crippen molar-refractivity contribution < 1.29 is 9.53 Å². The molecule has 1 heterocycles. The molecule has 0 fully saturated rings. The number of amides is 1. The number of fused-ring (bicyclic) bond motifs is 1. The molecule has 2 aromatic carbocycles. The van der Waals surface area contributed by atoms with Gasteiger partial charge in [-0.25, -0.2) is 0 Å². The lowest BCUT2D eigenvalue weighted by Gasteiger charge is -2.07. The molecule has 4 heteroatoms. The van der Waals surface area contributed by atoms with E-state index in [-0.39, 0.29) is 0 Å². The van der Waals surface area contributed by atoms with E-state index >= 15 is 0 Å². The standard InChI is InChI=1S/C20H22N2O2/c1-15-18(8-5-11-21-14-23)19-12-17(9-10-20(19)22-15)24-13-16-6-3-2-4-7-16/h2-4,6-7,9-10,12,14,22H,5,8,11,13H2,1H3,(H,21,23). The van der Waals surface area contributed by atoms with E-state index in [1.165, 1.54) is 16.6 Å². The Bertz CT molecular complexity index is 809. The fourth-order valence-corrected chi connectivity index (χ4v) is 2.94. The zero-order chi connectivity index (χ0) is 16.8. The van der Waals surface area contributed by atoms with Gasteiger partial charge in [0.1, 0.15) is 12.4 Å². The fourth-order valence-electron chi connectivity index (χ4n) is 2.94. The summed E-state index contributed by atoms with van der Waals surface area (Å²) in [7, 11) is 0. The number of benzene rings is 2. The number of ether oxygens (including phenoxy) is 1. The highest BCUT2D eigenvalue weighted by atomic mass is 16.5. The Morgan fingerprint density at radius 3 is 2.79 bits per heavy atom. The van der Waals surface area contributed by atoms with E-state index in [0.717, 1.165) is 36.1 Å². The molecule has 0 atom stereocenters. The molecule has 3 rings (SSSR count). The number of H-pyrrole nitrogens is 1. The van der Waals surface area contributed by atoms with Gasteiger partial charge in [0.2, 0.25) is 6.41 Å². The summed E-state index contributed by atoms with van der Waals surface area (Å²) in [5.41, 5.74) is 4.75. The van der Waals surface area contributed by atoms with Gasteiger partial charge < -0.3 is 15.0 Å². The van der Waals surface area contributed by atoms with Crippen molar-refractivity contribution in [2.24, 2.45) is 0 Å². The van der Waals surface area contributed by atoms with Gasteiger partial charge in [-0.3, -0.25) is 4.79 Å². The second kappa shape index (κ2) is 7.68. The van der Waals surface area contributed by atoms with Crippen molar-refractivity contribution in [3.05, 3.63) is 65.4 Å². The van der Waals surface area contributed by atoms with Gasteiger partial charge in [-0.05, 0) is 49.1 Å². The Labute approximate surface area is 141 Å². The minimum Gasteiger partial charge on any atom is -0.489 e. The first-order chi connectivity index (χ1) is 11.8. The van der Waals surface area contributed by atoms with Crippen molar-refractivity contribution >= 4 is 17.3 Å². The molecule has 1 amide bonds. The first-order valence-electron chi connectivity index (χ1n) is 8.23. The molecule has 2 N–H and O–H groups in total. The molecule has 0 aliphatic rings. The van der Waals surface area contributed by atoms with Gasteiger partial charge in [-0.2, -0.15) is 0 Å². The molecule has 0 aliphatic heterocycles. The van der Waals surface area contributed by atoms with Crippen LogP contribution in [0.5, 0.6) is 5.75 Å². The predicted molar refractivity (Wildman–Crippen MR) is 96.2 cm³/mol. The summed E-state index contributed by atoms with van der Waals surface area (Å²) in [6.07, 6.45) is 2.59. The quantitative estimate of drug-likeness (QED) is 0.490. The third-order valence-corrected chi connectivity index (χ3v) is 4.17. The lowest BCUT2D eigenvalue weighted by molar-refractivity contribution is -0.109. The topological polar surface area (TPSA) is 54.1 Å². The highest BCUT2D eigenvalue weighted by Crippen LogP contribution is 2.27. The molecule has 0 spiro atoms. The van der Waals surface area contributed by atoms with E-state index in [9.17, 15) is 4.79 Å². The third-order valence-electron chi connectivity index (χ3n) is 4.17. The number of carbonyl (C=O) groups excluding carboxylic acids is 1. The van der Waals surface area contributed by atoms with Crippen LogP contribution >= 0.6 is 0 Å². The van der Waals surface area contributed by atoms with Gasteiger partial charge in [-0.1, -0.05) is 30.3 Å². The minimum absolute atomic E-state index is 0.564. The minimum atomic E-state index is 0.564. The van der Waals surface area contributed by atoms with Gasteiger partial charge >= 0.3 is 0 Å². The molecule has 4 nitrogen and oxygen atoms in total. The predicted octanol–water partition coefficient (Wildman–Crippen LogP) is 3.73. The summed E-state index contributed by atoms with van der Waals surface area (Å²) < 4.78 is 5.93.